The van der Waals surface area contributed by atoms with Crippen molar-refractivity contribution in [3.05, 3.63) is 60.2 Å². The molecule has 2 aromatic rings. The molecule has 0 unspecified atom stereocenters. The molecule has 15 heavy (non-hydrogen) atoms. The van der Waals surface area contributed by atoms with E-state index in [2.05, 4.69) is 0 Å². The van der Waals surface area contributed by atoms with Crippen LogP contribution in [0.3, 0.4) is 0 Å². The molecule has 0 aromatic heterocycles. The van der Waals surface area contributed by atoms with Crippen LogP contribution in [0.1, 0.15) is 5.56 Å². The molecule has 0 spiro atoms. The van der Waals surface area contributed by atoms with Crippen molar-refractivity contribution >= 4 is 11.4 Å². The molecule has 0 fully saturated rings. The third kappa shape index (κ3) is 2.17. The maximum atomic E-state index is 11.9. The van der Waals surface area contributed by atoms with Gasteiger partial charge in [-0.1, -0.05) is 35.5 Å². The topological polar surface area (TPSA) is 23.1 Å². The van der Waals surface area contributed by atoms with Crippen molar-refractivity contribution in [1.82, 2.24) is 0 Å². The molecule has 1 radical (unpaired) electrons. The summed E-state index contributed by atoms with van der Waals surface area (Å²) in [6.45, 7) is 1.97. The fourth-order valence-corrected chi connectivity index (χ4v) is 1.47. The van der Waals surface area contributed by atoms with Crippen LogP contribution in [-0.2, 0) is 5.21 Å². The fourth-order valence-electron chi connectivity index (χ4n) is 1.47. The van der Waals surface area contributed by atoms with Gasteiger partial charge in [0.2, 0.25) is 0 Å². The lowest BCUT2D eigenvalue weighted by Gasteiger charge is -2.14. The van der Waals surface area contributed by atoms with Crippen LogP contribution in [0.25, 0.3) is 0 Å². The lowest BCUT2D eigenvalue weighted by Crippen LogP contribution is -2.07. The molecule has 0 saturated carbocycles. The Hall–Kier alpha value is -1.80. The van der Waals surface area contributed by atoms with Crippen molar-refractivity contribution in [2.75, 3.05) is 5.06 Å². The van der Waals surface area contributed by atoms with Crippen molar-refractivity contribution in [3.63, 3.8) is 0 Å². The van der Waals surface area contributed by atoms with E-state index in [1.165, 1.54) is 0 Å². The average molecular weight is 198 g/mol. The van der Waals surface area contributed by atoms with Crippen LogP contribution < -0.4 is 5.06 Å². The van der Waals surface area contributed by atoms with Gasteiger partial charge in [0.05, 0.1) is 11.4 Å². The molecule has 0 heterocycles. The van der Waals surface area contributed by atoms with Gasteiger partial charge in [-0.2, -0.15) is 5.06 Å². The molecule has 0 saturated heterocycles. The highest BCUT2D eigenvalue weighted by atomic mass is 16.5. The largest absolute Gasteiger partial charge is 0.188 e. The minimum Gasteiger partial charge on any atom is -0.188 e. The molecule has 2 nitrogen and oxygen atoms in total. The fraction of sp³-hybridized carbons (Fsp3) is 0.0769. The smallest absolute Gasteiger partial charge is 0.0729 e. The highest BCUT2D eigenvalue weighted by molar-refractivity contribution is 5.60. The van der Waals surface area contributed by atoms with Crippen molar-refractivity contribution in [2.24, 2.45) is 0 Å². The number of para-hydroxylation sites is 1. The van der Waals surface area contributed by atoms with E-state index in [-0.39, 0.29) is 0 Å². The van der Waals surface area contributed by atoms with Gasteiger partial charge in [-0.15, -0.1) is 0 Å². The summed E-state index contributed by atoms with van der Waals surface area (Å²) in [4.78, 5) is 0. The van der Waals surface area contributed by atoms with Crippen LogP contribution in [0.2, 0.25) is 0 Å². The van der Waals surface area contributed by atoms with Crippen molar-refractivity contribution < 1.29 is 5.21 Å². The van der Waals surface area contributed by atoms with Crippen molar-refractivity contribution in [2.45, 2.75) is 6.92 Å². The molecule has 75 valence electrons. The SMILES string of the molecule is Cc1cccc(N([O])c2ccccc2)c1. The number of benzene rings is 2. The quantitative estimate of drug-likeness (QED) is 0.677. The van der Waals surface area contributed by atoms with Crippen LogP contribution in [-0.4, -0.2) is 0 Å². The predicted octanol–water partition coefficient (Wildman–Crippen LogP) is 3.48. The molecule has 0 aliphatic heterocycles. The van der Waals surface area contributed by atoms with Crippen LogP contribution in [0.5, 0.6) is 0 Å². The standard InChI is InChI=1S/C13H12NO/c1-11-6-5-9-13(10-11)14(15)12-7-3-2-4-8-12/h2-10H,1H3. The van der Waals surface area contributed by atoms with E-state index >= 15 is 0 Å². The molecular weight excluding hydrogens is 186 g/mol. The summed E-state index contributed by atoms with van der Waals surface area (Å²) in [5.74, 6) is 0. The van der Waals surface area contributed by atoms with Crippen LogP contribution in [0, 0.1) is 6.92 Å². The first-order chi connectivity index (χ1) is 7.27. The summed E-state index contributed by atoms with van der Waals surface area (Å²) in [6.07, 6.45) is 0. The summed E-state index contributed by atoms with van der Waals surface area (Å²) in [7, 11) is 0. The predicted molar refractivity (Wildman–Crippen MR) is 60.4 cm³/mol. The third-order valence-corrected chi connectivity index (χ3v) is 2.23. The van der Waals surface area contributed by atoms with Gasteiger partial charge in [0.25, 0.3) is 0 Å². The molecule has 0 N–H and O–H groups in total. The Morgan fingerprint density at radius 3 is 2.20 bits per heavy atom. The molecule has 2 aromatic carbocycles. The molecule has 2 rings (SSSR count). The second kappa shape index (κ2) is 4.15. The average Bonchev–Trinajstić information content (AvgIpc) is 2.29. The second-order valence-corrected chi connectivity index (χ2v) is 3.47. The van der Waals surface area contributed by atoms with Gasteiger partial charge in [0, 0.05) is 0 Å². The highest BCUT2D eigenvalue weighted by Crippen LogP contribution is 2.23. The summed E-state index contributed by atoms with van der Waals surface area (Å²) < 4.78 is 0. The molecular formula is C13H12NO. The lowest BCUT2D eigenvalue weighted by atomic mass is 10.2. The van der Waals surface area contributed by atoms with Gasteiger partial charge in [0.15, 0.2) is 0 Å². The molecule has 0 aliphatic carbocycles. The van der Waals surface area contributed by atoms with E-state index in [1.54, 1.807) is 12.1 Å². The minimum absolute atomic E-state index is 0.656. The Morgan fingerprint density at radius 2 is 1.53 bits per heavy atom. The first-order valence-corrected chi connectivity index (χ1v) is 4.86. The second-order valence-electron chi connectivity index (χ2n) is 3.47. The van der Waals surface area contributed by atoms with Gasteiger partial charge in [0.1, 0.15) is 0 Å². The molecule has 2 heteroatoms. The summed E-state index contributed by atoms with van der Waals surface area (Å²) in [5.41, 5.74) is 2.41. The number of rotatable bonds is 2. The summed E-state index contributed by atoms with van der Waals surface area (Å²) in [6, 6.07) is 16.8. The number of hydrogen-bond donors (Lipinski definition) is 0. The zero-order valence-corrected chi connectivity index (χ0v) is 8.55. The number of anilines is 2. The Kier molecular flexibility index (Phi) is 2.70. The zero-order valence-electron chi connectivity index (χ0n) is 8.55. The van der Waals surface area contributed by atoms with Gasteiger partial charge in [-0.25, -0.2) is 0 Å². The van der Waals surface area contributed by atoms with E-state index in [0.717, 1.165) is 10.6 Å². The van der Waals surface area contributed by atoms with Gasteiger partial charge in [-0.3, -0.25) is 0 Å². The van der Waals surface area contributed by atoms with Gasteiger partial charge < -0.3 is 0 Å². The first kappa shape index (κ1) is 9.74. The lowest BCUT2D eigenvalue weighted by molar-refractivity contribution is 0.196. The maximum Gasteiger partial charge on any atom is 0.0729 e. The first-order valence-electron chi connectivity index (χ1n) is 4.86. The molecule has 0 amide bonds. The highest BCUT2D eigenvalue weighted by Gasteiger charge is 2.06. The monoisotopic (exact) mass is 198 g/mol. The molecule has 0 atom stereocenters. The van der Waals surface area contributed by atoms with Crippen LogP contribution in [0.4, 0.5) is 11.4 Å². The molecule has 0 aliphatic rings. The zero-order chi connectivity index (χ0) is 10.7. The number of nitrogens with zero attached hydrogens (tertiary/aromatic N) is 1. The molecule has 0 bridgehead atoms. The normalized spacial score (nSPS) is 10.0. The van der Waals surface area contributed by atoms with Crippen LogP contribution in [0.15, 0.2) is 54.6 Å². The Balaban J connectivity index is 2.32. The van der Waals surface area contributed by atoms with Crippen molar-refractivity contribution in [3.8, 4) is 0 Å². The van der Waals surface area contributed by atoms with E-state index in [9.17, 15) is 5.21 Å². The number of hydrogen-bond acceptors (Lipinski definition) is 1. The van der Waals surface area contributed by atoms with E-state index in [4.69, 9.17) is 0 Å². The van der Waals surface area contributed by atoms with E-state index < -0.39 is 0 Å². The maximum absolute atomic E-state index is 11.9. The van der Waals surface area contributed by atoms with Crippen LogP contribution >= 0.6 is 0 Å². The van der Waals surface area contributed by atoms with E-state index in [0.29, 0.717) is 11.4 Å². The van der Waals surface area contributed by atoms with E-state index in [1.807, 2.05) is 49.4 Å². The summed E-state index contributed by atoms with van der Waals surface area (Å²) >= 11 is 0. The van der Waals surface area contributed by atoms with Crippen molar-refractivity contribution in [1.29, 1.82) is 0 Å². The Labute approximate surface area is 89.4 Å². The minimum atomic E-state index is 0.656. The Morgan fingerprint density at radius 1 is 0.867 bits per heavy atom. The summed E-state index contributed by atoms with van der Waals surface area (Å²) in [5, 5.41) is 12.9. The van der Waals surface area contributed by atoms with Gasteiger partial charge in [-0.05, 0) is 36.8 Å². The third-order valence-electron chi connectivity index (χ3n) is 2.23. The Bertz CT molecular complexity index is 439. The van der Waals surface area contributed by atoms with Gasteiger partial charge >= 0.3 is 0 Å². The number of aryl methyl sites for hydroxylation is 1.